The normalized spacial score (nSPS) is 15.6. The summed E-state index contributed by atoms with van der Waals surface area (Å²) in [4.78, 5) is 2.48. The van der Waals surface area contributed by atoms with E-state index in [4.69, 9.17) is 4.74 Å². The van der Waals surface area contributed by atoms with Crippen LogP contribution in [0.3, 0.4) is 0 Å². The number of benzene rings is 11. The fraction of sp³-hybridized carbons (Fsp3) is 0.0588. The van der Waals surface area contributed by atoms with Crippen LogP contribution < -0.4 is 9.64 Å². The van der Waals surface area contributed by atoms with Gasteiger partial charge in [-0.2, -0.15) is 0 Å². The van der Waals surface area contributed by atoms with E-state index in [1.165, 1.54) is 88.7 Å². The van der Waals surface area contributed by atoms with Crippen LogP contribution in [0.4, 0.5) is 17.1 Å². The Morgan fingerprint density at radius 3 is 1.39 bits per heavy atom. The Morgan fingerprint density at radius 1 is 0.300 bits per heavy atom. The van der Waals surface area contributed by atoms with Gasteiger partial charge in [-0.25, -0.2) is 0 Å². The van der Waals surface area contributed by atoms with Crippen molar-refractivity contribution in [1.29, 1.82) is 0 Å². The zero-order chi connectivity index (χ0) is 46.3. The first kappa shape index (κ1) is 39.3. The highest BCUT2D eigenvalue weighted by atomic mass is 16.5. The van der Waals surface area contributed by atoms with Crippen molar-refractivity contribution in [3.05, 3.63) is 270 Å². The fourth-order valence-electron chi connectivity index (χ4n) is 13.0. The Kier molecular flexibility index (Phi) is 8.08. The molecule has 0 aromatic heterocycles. The largest absolute Gasteiger partial charge is 0.454 e. The van der Waals surface area contributed by atoms with Gasteiger partial charge >= 0.3 is 0 Å². The summed E-state index contributed by atoms with van der Waals surface area (Å²) >= 11 is 0. The third kappa shape index (κ3) is 5.23. The Morgan fingerprint density at radius 2 is 0.729 bits per heavy atom. The molecule has 0 fully saturated rings. The Bertz CT molecular complexity index is 4040. The van der Waals surface area contributed by atoms with Crippen molar-refractivity contribution >= 4 is 27.8 Å². The van der Waals surface area contributed by atoms with E-state index in [0.29, 0.717) is 0 Å². The molecule has 4 aliphatic rings. The lowest BCUT2D eigenvalue weighted by Gasteiger charge is -2.37. The van der Waals surface area contributed by atoms with E-state index in [1.54, 1.807) is 0 Å². The molecule has 1 atom stereocenters. The molecule has 1 aliphatic heterocycles. The molecule has 2 nitrogen and oxygen atoms in total. The van der Waals surface area contributed by atoms with Gasteiger partial charge in [0, 0.05) is 27.9 Å². The van der Waals surface area contributed by atoms with Crippen molar-refractivity contribution in [2.24, 2.45) is 0 Å². The average Bonchev–Trinajstić information content (AvgIpc) is 3.70. The third-order valence-corrected chi connectivity index (χ3v) is 16.1. The number of ether oxygens (including phenoxy) is 1. The highest BCUT2D eigenvalue weighted by Gasteiger charge is 2.50. The van der Waals surface area contributed by atoms with Gasteiger partial charge < -0.3 is 9.64 Å². The van der Waals surface area contributed by atoms with Crippen molar-refractivity contribution < 1.29 is 4.74 Å². The van der Waals surface area contributed by atoms with Crippen molar-refractivity contribution in [2.75, 3.05) is 4.90 Å². The molecule has 0 bridgehead atoms. The lowest BCUT2D eigenvalue weighted by Crippen LogP contribution is -2.29. The van der Waals surface area contributed by atoms with Crippen molar-refractivity contribution in [1.82, 2.24) is 0 Å². The summed E-state index contributed by atoms with van der Waals surface area (Å²) < 4.78 is 7.34. The van der Waals surface area contributed by atoms with Crippen LogP contribution in [0.5, 0.6) is 11.5 Å². The second-order valence-electron chi connectivity index (χ2n) is 19.9. The SMILES string of the molecule is CC1(C)c2ccccc2-c2ccc(N(c3ccc4c(c3)C3(c5ccccc5-c5ccccc5-4)c4ccccc4-c4cc5ccccc5cc43)c3cccc4c3Oc3ccccc3-c3ccccc3-4)cc21. The van der Waals surface area contributed by atoms with Gasteiger partial charge in [-0.15, -0.1) is 0 Å². The Hall–Kier alpha value is -8.72. The molecule has 2 heteroatoms. The minimum Gasteiger partial charge on any atom is -0.454 e. The smallest absolute Gasteiger partial charge is 0.159 e. The molecule has 1 spiro atoms. The number of hydrogen-bond acceptors (Lipinski definition) is 2. The van der Waals surface area contributed by atoms with Gasteiger partial charge in [0.2, 0.25) is 0 Å². The highest BCUT2D eigenvalue weighted by Crippen LogP contribution is 2.63. The fourth-order valence-corrected chi connectivity index (χ4v) is 13.0. The second-order valence-corrected chi connectivity index (χ2v) is 19.9. The van der Waals surface area contributed by atoms with Crippen molar-refractivity contribution in [3.63, 3.8) is 0 Å². The van der Waals surface area contributed by atoms with Gasteiger partial charge in [-0.1, -0.05) is 202 Å². The van der Waals surface area contributed by atoms with Gasteiger partial charge in [0.25, 0.3) is 0 Å². The van der Waals surface area contributed by atoms with Crippen molar-refractivity contribution in [2.45, 2.75) is 24.7 Å². The van der Waals surface area contributed by atoms with Crippen LogP contribution in [-0.2, 0) is 10.8 Å². The first-order valence-corrected chi connectivity index (χ1v) is 24.5. The summed E-state index contributed by atoms with van der Waals surface area (Å²) in [5, 5.41) is 2.48. The lowest BCUT2D eigenvalue weighted by molar-refractivity contribution is 0.489. The van der Waals surface area contributed by atoms with Crippen LogP contribution in [0.1, 0.15) is 47.2 Å². The predicted octanol–water partition coefficient (Wildman–Crippen LogP) is 18.1. The summed E-state index contributed by atoms with van der Waals surface area (Å²) in [5.41, 5.74) is 24.6. The molecule has 328 valence electrons. The quantitative estimate of drug-likeness (QED) is 0.175. The summed E-state index contributed by atoms with van der Waals surface area (Å²) in [6, 6.07) is 88.4. The van der Waals surface area contributed by atoms with Crippen LogP contribution in [0.25, 0.3) is 77.5 Å². The van der Waals surface area contributed by atoms with Gasteiger partial charge in [-0.3, -0.25) is 0 Å². The molecule has 0 saturated carbocycles. The van der Waals surface area contributed by atoms with Gasteiger partial charge in [0.15, 0.2) is 5.75 Å². The minimum atomic E-state index is -0.674. The monoisotopic (exact) mass is 891 g/mol. The lowest BCUT2D eigenvalue weighted by atomic mass is 9.65. The molecular formula is C68H45NO. The Balaban J connectivity index is 1.07. The van der Waals surface area contributed by atoms with Crippen LogP contribution in [-0.4, -0.2) is 0 Å². The molecule has 3 aliphatic carbocycles. The molecule has 1 heterocycles. The number of para-hydroxylation sites is 2. The summed E-state index contributed by atoms with van der Waals surface area (Å²) in [6.45, 7) is 4.74. The second kappa shape index (κ2) is 14.4. The maximum Gasteiger partial charge on any atom is 0.159 e. The number of hydrogen-bond donors (Lipinski definition) is 0. The van der Waals surface area contributed by atoms with Crippen LogP contribution in [0.2, 0.25) is 0 Å². The molecule has 0 saturated heterocycles. The van der Waals surface area contributed by atoms with E-state index in [0.717, 1.165) is 50.8 Å². The summed E-state index contributed by atoms with van der Waals surface area (Å²) in [5.74, 6) is 1.67. The average molecular weight is 892 g/mol. The predicted molar refractivity (Wildman–Crippen MR) is 289 cm³/mol. The van der Waals surface area contributed by atoms with E-state index in [9.17, 15) is 0 Å². The van der Waals surface area contributed by atoms with Gasteiger partial charge in [0.05, 0.1) is 11.1 Å². The maximum absolute atomic E-state index is 7.34. The topological polar surface area (TPSA) is 12.5 Å². The molecule has 11 aromatic carbocycles. The Labute approximate surface area is 408 Å². The van der Waals surface area contributed by atoms with E-state index in [2.05, 4.69) is 255 Å². The summed E-state index contributed by atoms with van der Waals surface area (Å²) in [6.07, 6.45) is 0. The number of anilines is 3. The number of nitrogens with zero attached hydrogens (tertiary/aromatic N) is 1. The first-order valence-electron chi connectivity index (χ1n) is 24.5. The van der Waals surface area contributed by atoms with Gasteiger partial charge in [-0.05, 0) is 148 Å². The minimum absolute atomic E-state index is 0.207. The third-order valence-electron chi connectivity index (χ3n) is 16.1. The number of fused-ring (bicyclic) bond motifs is 21. The van der Waals surface area contributed by atoms with Gasteiger partial charge in [0.1, 0.15) is 5.75 Å². The van der Waals surface area contributed by atoms with Crippen molar-refractivity contribution in [3.8, 4) is 78.3 Å². The molecule has 15 rings (SSSR count). The standard InChI is InChI=1S/C68H45NO/c1-67(2)58-29-13-9-25-51(58)54-37-35-44(40-61(54)67)69(64-32-17-28-56-49-23-8-7-22-48(49)55-27-12-16-33-65(55)70-66(56)64)45-34-36-53-47-21-6-5-20-46(47)50-24-10-14-30-59(50)68(63(53)41-45)60-31-15-11-26-52(60)57-38-42-18-3-4-19-43(42)39-62(57)68/h3-41H,1-2H3. The van der Waals surface area contributed by atoms with E-state index >= 15 is 0 Å². The molecule has 0 radical (unpaired) electrons. The summed E-state index contributed by atoms with van der Waals surface area (Å²) in [7, 11) is 0. The molecule has 1 unspecified atom stereocenters. The zero-order valence-corrected chi connectivity index (χ0v) is 38.9. The maximum atomic E-state index is 7.34. The van der Waals surface area contributed by atoms with Crippen LogP contribution >= 0.6 is 0 Å². The van der Waals surface area contributed by atoms with Crippen LogP contribution in [0, 0.1) is 0 Å². The highest BCUT2D eigenvalue weighted by molar-refractivity contribution is 6.02. The molecule has 11 aromatic rings. The first-order chi connectivity index (χ1) is 34.5. The van der Waals surface area contributed by atoms with E-state index < -0.39 is 5.41 Å². The number of rotatable bonds is 3. The molecule has 0 N–H and O–H groups in total. The van der Waals surface area contributed by atoms with E-state index in [1.807, 2.05) is 0 Å². The van der Waals surface area contributed by atoms with Crippen LogP contribution in [0.15, 0.2) is 237 Å². The molecule has 0 amide bonds. The zero-order valence-electron chi connectivity index (χ0n) is 38.9. The molecule has 70 heavy (non-hydrogen) atoms. The van der Waals surface area contributed by atoms with E-state index in [-0.39, 0.29) is 5.41 Å². The molecular weight excluding hydrogens is 847 g/mol.